The van der Waals surface area contributed by atoms with Crippen molar-refractivity contribution >= 4 is 17.4 Å². The normalized spacial score (nSPS) is 22.3. The van der Waals surface area contributed by atoms with Crippen LogP contribution in [0.25, 0.3) is 0 Å². The molecule has 69 valence electrons. The predicted octanol–water partition coefficient (Wildman–Crippen LogP) is 1.71. The van der Waals surface area contributed by atoms with Crippen molar-refractivity contribution in [1.82, 2.24) is 0 Å². The molecule has 0 bridgehead atoms. The molecule has 0 N–H and O–H groups in total. The van der Waals surface area contributed by atoms with Gasteiger partial charge in [0.15, 0.2) is 0 Å². The second-order valence-electron chi connectivity index (χ2n) is 3.39. The van der Waals surface area contributed by atoms with Gasteiger partial charge in [-0.1, -0.05) is 31.9 Å². The van der Waals surface area contributed by atoms with E-state index in [9.17, 15) is 0 Å². The molecule has 1 unspecified atom stereocenters. The number of hydrogen-bond acceptors (Lipinski definition) is 2. The van der Waals surface area contributed by atoms with E-state index in [-0.39, 0.29) is 8.80 Å². The van der Waals surface area contributed by atoms with Crippen LogP contribution in [0, 0.1) is 25.1 Å². The molecule has 1 radical (unpaired) electrons. The SMILES string of the molecule is C#CO[Si](C)(OC#C)C1CC[Si]1C. The van der Waals surface area contributed by atoms with Gasteiger partial charge >= 0.3 is 8.56 Å². The summed E-state index contributed by atoms with van der Waals surface area (Å²) < 4.78 is 10.5. The van der Waals surface area contributed by atoms with Gasteiger partial charge in [-0.15, -0.1) is 0 Å². The molecule has 1 aliphatic heterocycles. The van der Waals surface area contributed by atoms with Gasteiger partial charge in [0.2, 0.25) is 0 Å². The lowest BCUT2D eigenvalue weighted by atomic mass is 10.5. The molecular weight excluding hydrogens is 196 g/mol. The summed E-state index contributed by atoms with van der Waals surface area (Å²) in [5.41, 5.74) is 0. The van der Waals surface area contributed by atoms with Crippen molar-refractivity contribution in [3.63, 3.8) is 0 Å². The molecule has 0 amide bonds. The summed E-state index contributed by atoms with van der Waals surface area (Å²) in [6.07, 6.45) is 15.9. The first-order valence-electron chi connectivity index (χ1n) is 4.23. The van der Waals surface area contributed by atoms with E-state index in [0.29, 0.717) is 5.16 Å². The topological polar surface area (TPSA) is 18.5 Å². The van der Waals surface area contributed by atoms with Crippen molar-refractivity contribution in [3.8, 4) is 25.1 Å². The fourth-order valence-corrected chi connectivity index (χ4v) is 8.96. The van der Waals surface area contributed by atoms with Gasteiger partial charge < -0.3 is 8.85 Å². The molecule has 1 heterocycles. The minimum absolute atomic E-state index is 0.312. The molecule has 0 saturated carbocycles. The highest BCUT2D eigenvalue weighted by Gasteiger charge is 2.52. The Morgan fingerprint density at radius 1 is 1.38 bits per heavy atom. The zero-order chi connectivity index (χ0) is 9.90. The molecule has 0 aromatic carbocycles. The zero-order valence-corrected chi connectivity index (χ0v) is 9.96. The maximum absolute atomic E-state index is 5.27. The maximum atomic E-state index is 5.27. The van der Waals surface area contributed by atoms with Crippen LogP contribution >= 0.6 is 0 Å². The molecule has 2 nitrogen and oxygen atoms in total. The lowest BCUT2D eigenvalue weighted by molar-refractivity contribution is 0.333. The van der Waals surface area contributed by atoms with Crippen molar-refractivity contribution in [2.45, 2.75) is 30.7 Å². The molecule has 1 aliphatic rings. The minimum atomic E-state index is -2.26. The summed E-state index contributed by atoms with van der Waals surface area (Å²) in [6, 6.07) is 1.32. The smallest absolute Gasteiger partial charge is 0.462 e. The van der Waals surface area contributed by atoms with Crippen molar-refractivity contribution in [2.75, 3.05) is 0 Å². The number of rotatable bonds is 3. The fraction of sp³-hybridized carbons (Fsp3) is 0.556. The molecule has 13 heavy (non-hydrogen) atoms. The van der Waals surface area contributed by atoms with Crippen molar-refractivity contribution in [2.24, 2.45) is 0 Å². The largest absolute Gasteiger partial charge is 0.474 e. The van der Waals surface area contributed by atoms with Crippen LogP contribution in [0.5, 0.6) is 0 Å². The first-order chi connectivity index (χ1) is 6.14. The van der Waals surface area contributed by atoms with Crippen LogP contribution in [0.3, 0.4) is 0 Å². The van der Waals surface area contributed by atoms with Crippen LogP contribution in [-0.2, 0) is 8.85 Å². The Morgan fingerprint density at radius 3 is 2.15 bits per heavy atom. The molecule has 0 spiro atoms. The van der Waals surface area contributed by atoms with Crippen molar-refractivity contribution in [3.05, 3.63) is 0 Å². The summed E-state index contributed by atoms with van der Waals surface area (Å²) >= 11 is 0. The van der Waals surface area contributed by atoms with Gasteiger partial charge in [-0.3, -0.25) is 0 Å². The third-order valence-electron chi connectivity index (χ3n) is 2.58. The van der Waals surface area contributed by atoms with Crippen molar-refractivity contribution in [1.29, 1.82) is 0 Å². The number of hydrogen-bond donors (Lipinski definition) is 0. The fourth-order valence-electron chi connectivity index (χ4n) is 1.68. The Balaban J connectivity index is 2.67. The average molecular weight is 209 g/mol. The standard InChI is InChI=1S/C9H13O2Si2/c1-5-10-13(4,11-6-2)9-7-8-12(9)3/h1-2,9H,7-8H2,3-4H3. The molecule has 0 aromatic rings. The highest BCUT2D eigenvalue weighted by atomic mass is 28.4. The van der Waals surface area contributed by atoms with Crippen LogP contribution < -0.4 is 0 Å². The van der Waals surface area contributed by atoms with E-state index < -0.39 is 8.56 Å². The molecule has 1 atom stereocenters. The average Bonchev–Trinajstić information content (AvgIpc) is 2.02. The van der Waals surface area contributed by atoms with Gasteiger partial charge in [0.05, 0.1) is 21.0 Å². The van der Waals surface area contributed by atoms with E-state index in [0.717, 1.165) is 6.42 Å². The zero-order valence-electron chi connectivity index (χ0n) is 7.96. The first kappa shape index (κ1) is 10.2. The predicted molar refractivity (Wildman–Crippen MR) is 56.2 cm³/mol. The Kier molecular flexibility index (Phi) is 3.08. The van der Waals surface area contributed by atoms with E-state index in [2.05, 4.69) is 18.8 Å². The van der Waals surface area contributed by atoms with Gasteiger partial charge in [-0.25, -0.2) is 0 Å². The third-order valence-corrected chi connectivity index (χ3v) is 10.8. The van der Waals surface area contributed by atoms with E-state index in [1.165, 1.54) is 6.04 Å². The Labute approximate surface area is 82.5 Å². The van der Waals surface area contributed by atoms with E-state index in [1.807, 2.05) is 6.55 Å². The Bertz CT molecular complexity index is 248. The van der Waals surface area contributed by atoms with E-state index in [1.54, 1.807) is 0 Å². The van der Waals surface area contributed by atoms with Crippen LogP contribution in [0.1, 0.15) is 6.42 Å². The highest BCUT2D eigenvalue weighted by molar-refractivity contribution is 6.85. The summed E-state index contributed by atoms with van der Waals surface area (Å²) in [4.78, 5) is 0. The third kappa shape index (κ3) is 1.90. The second kappa shape index (κ2) is 3.91. The highest BCUT2D eigenvalue weighted by Crippen LogP contribution is 2.41. The lowest BCUT2D eigenvalue weighted by Gasteiger charge is -2.39. The Hall–Kier alpha value is -0.846. The van der Waals surface area contributed by atoms with Crippen LogP contribution in [0.2, 0.25) is 24.3 Å². The van der Waals surface area contributed by atoms with Gasteiger partial charge in [0, 0.05) is 11.7 Å². The summed E-state index contributed by atoms with van der Waals surface area (Å²) in [7, 11) is -2.57. The lowest BCUT2D eigenvalue weighted by Crippen LogP contribution is -2.51. The summed E-state index contributed by atoms with van der Waals surface area (Å²) in [6.45, 7) is 4.24. The van der Waals surface area contributed by atoms with Crippen molar-refractivity contribution < 1.29 is 8.85 Å². The Morgan fingerprint density at radius 2 is 1.92 bits per heavy atom. The quantitative estimate of drug-likeness (QED) is 0.520. The maximum Gasteiger partial charge on any atom is 0.474 e. The van der Waals surface area contributed by atoms with Gasteiger partial charge in [-0.2, -0.15) is 0 Å². The van der Waals surface area contributed by atoms with E-state index >= 15 is 0 Å². The molecule has 1 fully saturated rings. The molecule has 1 rings (SSSR count). The van der Waals surface area contributed by atoms with Crippen LogP contribution in [0.15, 0.2) is 0 Å². The van der Waals surface area contributed by atoms with Gasteiger partial charge in [0.25, 0.3) is 0 Å². The molecule has 1 saturated heterocycles. The monoisotopic (exact) mass is 209 g/mol. The van der Waals surface area contributed by atoms with Crippen LogP contribution in [-0.4, -0.2) is 17.4 Å². The van der Waals surface area contributed by atoms with Gasteiger partial charge in [0.1, 0.15) is 0 Å². The first-order valence-corrected chi connectivity index (χ1v) is 8.91. The second-order valence-corrected chi connectivity index (χ2v) is 10.00. The summed E-state index contributed by atoms with van der Waals surface area (Å²) in [5, 5.41) is 0.546. The summed E-state index contributed by atoms with van der Waals surface area (Å²) in [5.74, 6) is 0. The van der Waals surface area contributed by atoms with Gasteiger partial charge in [-0.05, 0) is 0 Å². The number of terminal acetylenes is 2. The molecule has 4 heteroatoms. The molecule has 0 aromatic heterocycles. The molecule has 0 aliphatic carbocycles. The van der Waals surface area contributed by atoms with Crippen LogP contribution in [0.4, 0.5) is 0 Å². The molecular formula is C9H13O2Si2. The minimum Gasteiger partial charge on any atom is -0.462 e. The van der Waals surface area contributed by atoms with E-state index in [4.69, 9.17) is 21.7 Å².